The van der Waals surface area contributed by atoms with Crippen molar-refractivity contribution in [2.45, 2.75) is 19.4 Å². The van der Waals surface area contributed by atoms with E-state index in [1.165, 1.54) is 0 Å². The maximum absolute atomic E-state index is 12.1. The molecule has 0 saturated heterocycles. The molecule has 5 nitrogen and oxygen atoms in total. The van der Waals surface area contributed by atoms with Crippen molar-refractivity contribution in [3.63, 3.8) is 0 Å². The summed E-state index contributed by atoms with van der Waals surface area (Å²) in [5.41, 5.74) is 3.05. The van der Waals surface area contributed by atoms with Crippen LogP contribution in [0.4, 0.5) is 0 Å². The number of hydrogen-bond acceptors (Lipinski definition) is 4. The van der Waals surface area contributed by atoms with Gasteiger partial charge < -0.3 is 19.2 Å². The number of esters is 1. The van der Waals surface area contributed by atoms with Gasteiger partial charge in [-0.15, -0.1) is 0 Å². The number of aromatic amines is 1. The maximum atomic E-state index is 12.1. The second-order valence-electron chi connectivity index (χ2n) is 5.82. The summed E-state index contributed by atoms with van der Waals surface area (Å²) in [7, 11) is 0. The van der Waals surface area contributed by atoms with E-state index in [-0.39, 0.29) is 19.4 Å². The first-order valence-corrected chi connectivity index (χ1v) is 8.78. The Morgan fingerprint density at radius 2 is 1.96 bits per heavy atom. The van der Waals surface area contributed by atoms with Crippen LogP contribution in [0.5, 0.6) is 11.5 Å². The van der Waals surface area contributed by atoms with Gasteiger partial charge in [0, 0.05) is 33.6 Å². The van der Waals surface area contributed by atoms with E-state index in [4.69, 9.17) is 14.2 Å². The van der Waals surface area contributed by atoms with Crippen LogP contribution in [0.25, 0.3) is 10.9 Å². The molecule has 1 aliphatic rings. The summed E-state index contributed by atoms with van der Waals surface area (Å²) in [5, 5.41) is 1.15. The number of carbonyl (C=O) groups is 1. The van der Waals surface area contributed by atoms with Crippen LogP contribution in [0.1, 0.15) is 17.5 Å². The highest BCUT2D eigenvalue weighted by Gasteiger charge is 2.17. The summed E-state index contributed by atoms with van der Waals surface area (Å²) in [6, 6.07) is 11.7. The molecule has 25 heavy (non-hydrogen) atoms. The minimum absolute atomic E-state index is 0.198. The summed E-state index contributed by atoms with van der Waals surface area (Å²) < 4.78 is 16.9. The molecule has 0 bridgehead atoms. The fourth-order valence-corrected chi connectivity index (χ4v) is 3.31. The van der Waals surface area contributed by atoms with Gasteiger partial charge >= 0.3 is 5.97 Å². The number of ether oxygens (including phenoxy) is 3. The molecule has 2 aromatic carbocycles. The standard InChI is InChI=1S/C19H16BrNO4/c20-15-8-18-17(24-11-25-18)7-13(15)10-23-19(22)6-5-12-9-21-16-4-2-1-3-14(12)16/h1-4,7-9,21H,5-6,10-11H2. The molecular formula is C19H16BrNO4. The van der Waals surface area contributed by atoms with Crippen LogP contribution in [0.3, 0.4) is 0 Å². The lowest BCUT2D eigenvalue weighted by Gasteiger charge is -2.08. The van der Waals surface area contributed by atoms with Crippen molar-refractivity contribution in [3.8, 4) is 11.5 Å². The van der Waals surface area contributed by atoms with Crippen LogP contribution < -0.4 is 9.47 Å². The molecule has 1 aliphatic heterocycles. The zero-order valence-electron chi connectivity index (χ0n) is 13.4. The van der Waals surface area contributed by atoms with E-state index >= 15 is 0 Å². The van der Waals surface area contributed by atoms with E-state index in [9.17, 15) is 4.79 Å². The van der Waals surface area contributed by atoms with E-state index < -0.39 is 0 Å². The number of rotatable bonds is 5. The third-order valence-electron chi connectivity index (χ3n) is 4.20. The van der Waals surface area contributed by atoms with Crippen LogP contribution in [0, 0.1) is 0 Å². The van der Waals surface area contributed by atoms with Gasteiger partial charge in [-0.1, -0.05) is 34.1 Å². The summed E-state index contributed by atoms with van der Waals surface area (Å²) in [5.74, 6) is 1.14. The van der Waals surface area contributed by atoms with Crippen molar-refractivity contribution in [2.24, 2.45) is 0 Å². The smallest absolute Gasteiger partial charge is 0.306 e. The summed E-state index contributed by atoms with van der Waals surface area (Å²) >= 11 is 3.47. The Bertz CT molecular complexity index is 934. The third-order valence-corrected chi connectivity index (χ3v) is 4.94. The average molecular weight is 402 g/mol. The molecule has 0 atom stereocenters. The fraction of sp³-hybridized carbons (Fsp3) is 0.211. The van der Waals surface area contributed by atoms with Crippen LogP contribution in [0.2, 0.25) is 0 Å². The Morgan fingerprint density at radius 1 is 1.16 bits per heavy atom. The zero-order chi connectivity index (χ0) is 17.2. The lowest BCUT2D eigenvalue weighted by molar-refractivity contribution is -0.144. The molecule has 1 aromatic heterocycles. The SMILES string of the molecule is O=C(CCc1c[nH]c2ccccc12)OCc1cc2c(cc1Br)OCO2. The first kappa shape index (κ1) is 16.0. The molecule has 128 valence electrons. The van der Waals surface area contributed by atoms with Crippen molar-refractivity contribution >= 4 is 32.8 Å². The molecular weight excluding hydrogens is 386 g/mol. The highest BCUT2D eigenvalue weighted by molar-refractivity contribution is 9.10. The zero-order valence-corrected chi connectivity index (χ0v) is 15.0. The highest BCUT2D eigenvalue weighted by atomic mass is 79.9. The Morgan fingerprint density at radius 3 is 2.84 bits per heavy atom. The van der Waals surface area contributed by atoms with Crippen molar-refractivity contribution in [1.82, 2.24) is 4.98 Å². The van der Waals surface area contributed by atoms with Crippen LogP contribution in [-0.4, -0.2) is 17.7 Å². The van der Waals surface area contributed by atoms with Gasteiger partial charge in [0.05, 0.1) is 0 Å². The van der Waals surface area contributed by atoms with Gasteiger partial charge in [0.15, 0.2) is 11.5 Å². The third kappa shape index (κ3) is 3.35. The van der Waals surface area contributed by atoms with E-state index in [1.807, 2.05) is 36.5 Å². The minimum Gasteiger partial charge on any atom is -0.461 e. The summed E-state index contributed by atoms with van der Waals surface area (Å²) in [6.45, 7) is 0.416. The van der Waals surface area contributed by atoms with Crippen molar-refractivity contribution in [2.75, 3.05) is 6.79 Å². The Kier molecular flexibility index (Phi) is 4.36. The molecule has 1 N–H and O–H groups in total. The number of hydrogen-bond donors (Lipinski definition) is 1. The van der Waals surface area contributed by atoms with Crippen molar-refractivity contribution in [3.05, 3.63) is 58.2 Å². The molecule has 0 fully saturated rings. The number of aryl methyl sites for hydroxylation is 1. The number of nitrogens with one attached hydrogen (secondary N) is 1. The largest absolute Gasteiger partial charge is 0.461 e. The van der Waals surface area contributed by atoms with Gasteiger partial charge in [0.25, 0.3) is 0 Å². The fourth-order valence-electron chi connectivity index (χ4n) is 2.88. The average Bonchev–Trinajstić information content (AvgIpc) is 3.24. The molecule has 2 heterocycles. The summed E-state index contributed by atoms with van der Waals surface area (Å²) in [6.07, 6.45) is 2.93. The monoisotopic (exact) mass is 401 g/mol. The Balaban J connectivity index is 1.35. The van der Waals surface area contributed by atoms with Crippen LogP contribution in [0.15, 0.2) is 47.1 Å². The topological polar surface area (TPSA) is 60.6 Å². The lowest BCUT2D eigenvalue weighted by Crippen LogP contribution is -2.06. The first-order valence-electron chi connectivity index (χ1n) is 7.99. The normalized spacial score (nSPS) is 12.5. The molecule has 6 heteroatoms. The quantitative estimate of drug-likeness (QED) is 0.646. The molecule has 4 rings (SSSR count). The minimum atomic E-state index is -0.227. The molecule has 0 spiro atoms. The van der Waals surface area contributed by atoms with Crippen molar-refractivity contribution < 1.29 is 19.0 Å². The number of aromatic nitrogens is 1. The first-order chi connectivity index (χ1) is 12.2. The van der Waals surface area contributed by atoms with Crippen LogP contribution in [-0.2, 0) is 22.6 Å². The number of benzene rings is 2. The number of halogens is 1. The van der Waals surface area contributed by atoms with Gasteiger partial charge in [-0.05, 0) is 30.2 Å². The van der Waals surface area contributed by atoms with Crippen molar-refractivity contribution in [1.29, 1.82) is 0 Å². The van der Waals surface area contributed by atoms with Gasteiger partial charge in [-0.25, -0.2) is 0 Å². The van der Waals surface area contributed by atoms with Gasteiger partial charge in [0.2, 0.25) is 6.79 Å². The Hall–Kier alpha value is -2.47. The van der Waals surface area contributed by atoms with Gasteiger partial charge in [0.1, 0.15) is 6.61 Å². The molecule has 0 saturated carbocycles. The predicted octanol–water partition coefficient (Wildman–Crippen LogP) is 4.34. The number of fused-ring (bicyclic) bond motifs is 2. The molecule has 0 unspecified atom stereocenters. The lowest BCUT2D eigenvalue weighted by atomic mass is 10.1. The van der Waals surface area contributed by atoms with Gasteiger partial charge in [-0.2, -0.15) is 0 Å². The van der Waals surface area contributed by atoms with E-state index in [2.05, 4.69) is 27.0 Å². The number of carbonyl (C=O) groups excluding carboxylic acids is 1. The van der Waals surface area contributed by atoms with E-state index in [1.54, 1.807) is 0 Å². The van der Waals surface area contributed by atoms with E-state index in [0.29, 0.717) is 24.3 Å². The highest BCUT2D eigenvalue weighted by Crippen LogP contribution is 2.37. The van der Waals surface area contributed by atoms with Gasteiger partial charge in [-0.3, -0.25) is 4.79 Å². The van der Waals surface area contributed by atoms with E-state index in [0.717, 1.165) is 26.5 Å². The number of para-hydroxylation sites is 1. The maximum Gasteiger partial charge on any atom is 0.306 e. The predicted molar refractivity (Wildman–Crippen MR) is 96.7 cm³/mol. The molecule has 0 amide bonds. The summed E-state index contributed by atoms with van der Waals surface area (Å²) in [4.78, 5) is 15.3. The second kappa shape index (κ2) is 6.80. The number of H-pyrrole nitrogens is 1. The molecule has 3 aromatic rings. The van der Waals surface area contributed by atoms with Crippen LogP contribution >= 0.6 is 15.9 Å². The molecule has 0 aliphatic carbocycles. The second-order valence-corrected chi connectivity index (χ2v) is 6.67. The Labute approximate surface area is 153 Å². The molecule has 0 radical (unpaired) electrons.